The second-order valence-corrected chi connectivity index (χ2v) is 5.68. The van der Waals surface area contributed by atoms with Crippen molar-refractivity contribution >= 4 is 11.6 Å². The lowest BCUT2D eigenvalue weighted by atomic mass is 9.78. The molecule has 1 atom stereocenters. The topological polar surface area (TPSA) is 29.5 Å². The Morgan fingerprint density at radius 1 is 1.47 bits per heavy atom. The number of aliphatic hydroxyl groups is 1. The van der Waals surface area contributed by atoms with E-state index in [9.17, 15) is 9.50 Å². The minimum atomic E-state index is -0.513. The fourth-order valence-electron chi connectivity index (χ4n) is 2.66. The first kappa shape index (κ1) is 14.8. The van der Waals surface area contributed by atoms with E-state index in [0.29, 0.717) is 35.4 Å². The number of hydrogen-bond donors (Lipinski definition) is 1. The summed E-state index contributed by atoms with van der Waals surface area (Å²) in [5.41, 5.74) is 0.487. The molecule has 0 bridgehead atoms. The van der Waals surface area contributed by atoms with Gasteiger partial charge in [-0.1, -0.05) is 11.6 Å². The molecule has 2 nitrogen and oxygen atoms in total. The van der Waals surface area contributed by atoms with Crippen molar-refractivity contribution in [2.75, 3.05) is 6.61 Å². The van der Waals surface area contributed by atoms with Crippen LogP contribution in [0.2, 0.25) is 5.02 Å². The van der Waals surface area contributed by atoms with Crippen molar-refractivity contribution in [3.63, 3.8) is 0 Å². The highest BCUT2D eigenvalue weighted by molar-refractivity contribution is 6.30. The zero-order valence-electron chi connectivity index (χ0n) is 11.1. The van der Waals surface area contributed by atoms with Gasteiger partial charge in [-0.25, -0.2) is 4.39 Å². The maximum Gasteiger partial charge on any atom is 0.126 e. The molecule has 1 aliphatic carbocycles. The first-order valence-corrected chi connectivity index (χ1v) is 7.19. The SMILES string of the molecule is CCOC1CC(CC(O)Cc2cc(Cl)ccc2F)C1. The molecule has 1 N–H and O–H groups in total. The van der Waals surface area contributed by atoms with Gasteiger partial charge in [0.25, 0.3) is 0 Å². The second-order valence-electron chi connectivity index (χ2n) is 5.24. The van der Waals surface area contributed by atoms with Gasteiger partial charge in [0.2, 0.25) is 0 Å². The van der Waals surface area contributed by atoms with Gasteiger partial charge >= 0.3 is 0 Å². The monoisotopic (exact) mass is 286 g/mol. The summed E-state index contributed by atoms with van der Waals surface area (Å²) < 4.78 is 19.0. The van der Waals surface area contributed by atoms with Crippen LogP contribution in [0.1, 0.15) is 31.7 Å². The van der Waals surface area contributed by atoms with E-state index in [1.165, 1.54) is 12.1 Å². The second kappa shape index (κ2) is 6.69. The van der Waals surface area contributed by atoms with Gasteiger partial charge < -0.3 is 9.84 Å². The van der Waals surface area contributed by atoms with E-state index in [2.05, 4.69) is 0 Å². The minimum Gasteiger partial charge on any atom is -0.393 e. The number of halogens is 2. The summed E-state index contributed by atoms with van der Waals surface area (Å²) in [5.74, 6) is 0.193. The van der Waals surface area contributed by atoms with Gasteiger partial charge in [-0.3, -0.25) is 0 Å². The third-order valence-electron chi connectivity index (χ3n) is 3.66. The molecule has 0 heterocycles. The molecule has 19 heavy (non-hydrogen) atoms. The summed E-state index contributed by atoms with van der Waals surface area (Å²) in [7, 11) is 0. The Balaban J connectivity index is 1.79. The molecular formula is C15H20ClFO2. The van der Waals surface area contributed by atoms with Crippen LogP contribution in [0.4, 0.5) is 4.39 Å². The lowest BCUT2D eigenvalue weighted by molar-refractivity contribution is -0.0376. The predicted molar refractivity (Wildman–Crippen MR) is 73.9 cm³/mol. The van der Waals surface area contributed by atoms with E-state index in [0.717, 1.165) is 19.4 Å². The Kier molecular flexibility index (Phi) is 5.20. The van der Waals surface area contributed by atoms with Crippen LogP contribution in [0.25, 0.3) is 0 Å². The molecule has 0 aromatic heterocycles. The van der Waals surface area contributed by atoms with Gasteiger partial charge in [0, 0.05) is 18.1 Å². The van der Waals surface area contributed by atoms with Crippen molar-refractivity contribution in [2.24, 2.45) is 5.92 Å². The molecule has 1 aromatic rings. The van der Waals surface area contributed by atoms with E-state index < -0.39 is 6.10 Å². The molecule has 1 fully saturated rings. The van der Waals surface area contributed by atoms with E-state index in [1.807, 2.05) is 6.92 Å². The zero-order valence-corrected chi connectivity index (χ0v) is 11.9. The van der Waals surface area contributed by atoms with Crippen molar-refractivity contribution in [3.05, 3.63) is 34.6 Å². The third kappa shape index (κ3) is 4.16. The molecule has 106 valence electrons. The highest BCUT2D eigenvalue weighted by Crippen LogP contribution is 2.34. The van der Waals surface area contributed by atoms with E-state index >= 15 is 0 Å². The normalized spacial score (nSPS) is 24.0. The number of hydrogen-bond acceptors (Lipinski definition) is 2. The summed E-state index contributed by atoms with van der Waals surface area (Å²) in [6, 6.07) is 4.45. The average molecular weight is 287 g/mol. The summed E-state index contributed by atoms with van der Waals surface area (Å²) >= 11 is 5.83. The van der Waals surface area contributed by atoms with E-state index in [-0.39, 0.29) is 5.82 Å². The standard InChI is InChI=1S/C15H20ClFO2/c1-2-19-14-6-10(7-14)5-13(18)9-11-8-12(16)3-4-15(11)17/h3-4,8,10,13-14,18H,2,5-7,9H2,1H3. The first-order valence-electron chi connectivity index (χ1n) is 6.82. The predicted octanol–water partition coefficient (Wildman–Crippen LogP) is 3.59. The number of aliphatic hydroxyl groups excluding tert-OH is 1. The fraction of sp³-hybridized carbons (Fsp3) is 0.600. The number of benzene rings is 1. The molecule has 1 aromatic carbocycles. The molecule has 0 aliphatic heterocycles. The molecule has 4 heteroatoms. The Hall–Kier alpha value is -0.640. The van der Waals surface area contributed by atoms with Crippen LogP contribution >= 0.6 is 11.6 Å². The van der Waals surface area contributed by atoms with E-state index in [4.69, 9.17) is 16.3 Å². The highest BCUT2D eigenvalue weighted by Gasteiger charge is 2.31. The van der Waals surface area contributed by atoms with Gasteiger partial charge in [-0.15, -0.1) is 0 Å². The fourth-order valence-corrected chi connectivity index (χ4v) is 2.86. The Morgan fingerprint density at radius 2 is 2.21 bits per heavy atom. The Bertz CT molecular complexity index is 419. The van der Waals surface area contributed by atoms with Gasteiger partial charge in [0.1, 0.15) is 5.82 Å². The molecule has 1 saturated carbocycles. The largest absolute Gasteiger partial charge is 0.393 e. The third-order valence-corrected chi connectivity index (χ3v) is 3.90. The molecule has 1 aliphatic rings. The van der Waals surface area contributed by atoms with Crippen molar-refractivity contribution in [1.29, 1.82) is 0 Å². The minimum absolute atomic E-state index is 0.302. The van der Waals surface area contributed by atoms with Crippen LogP contribution in [-0.2, 0) is 11.2 Å². The highest BCUT2D eigenvalue weighted by atomic mass is 35.5. The van der Waals surface area contributed by atoms with Crippen molar-refractivity contribution in [1.82, 2.24) is 0 Å². The molecule has 2 rings (SSSR count). The lowest BCUT2D eigenvalue weighted by Crippen LogP contribution is -2.34. The van der Waals surface area contributed by atoms with Crippen LogP contribution in [0.5, 0.6) is 0 Å². The van der Waals surface area contributed by atoms with Crippen LogP contribution < -0.4 is 0 Å². The van der Waals surface area contributed by atoms with Gasteiger partial charge in [0.15, 0.2) is 0 Å². The maximum atomic E-state index is 13.5. The van der Waals surface area contributed by atoms with Crippen molar-refractivity contribution in [3.8, 4) is 0 Å². The molecule has 0 radical (unpaired) electrons. The summed E-state index contributed by atoms with van der Waals surface area (Å²) in [6.07, 6.45) is 2.87. The number of ether oxygens (including phenoxy) is 1. The van der Waals surface area contributed by atoms with Gasteiger partial charge in [-0.05, 0) is 55.9 Å². The first-order chi connectivity index (χ1) is 9.08. The van der Waals surface area contributed by atoms with Gasteiger partial charge in [-0.2, -0.15) is 0 Å². The number of rotatable bonds is 6. The van der Waals surface area contributed by atoms with Crippen molar-refractivity contribution < 1.29 is 14.2 Å². The molecule has 1 unspecified atom stereocenters. The van der Waals surface area contributed by atoms with Crippen LogP contribution in [-0.4, -0.2) is 23.9 Å². The smallest absolute Gasteiger partial charge is 0.126 e. The lowest BCUT2D eigenvalue weighted by Gasteiger charge is -2.36. The van der Waals surface area contributed by atoms with Crippen LogP contribution in [0, 0.1) is 11.7 Å². The van der Waals surface area contributed by atoms with Gasteiger partial charge in [0.05, 0.1) is 12.2 Å². The summed E-state index contributed by atoms with van der Waals surface area (Å²) in [6.45, 7) is 2.73. The van der Waals surface area contributed by atoms with Crippen molar-refractivity contribution in [2.45, 2.75) is 44.8 Å². The molecule has 0 amide bonds. The Labute approximate surface area is 118 Å². The Morgan fingerprint density at radius 3 is 2.89 bits per heavy atom. The maximum absolute atomic E-state index is 13.5. The summed E-state index contributed by atoms with van der Waals surface area (Å²) in [4.78, 5) is 0. The zero-order chi connectivity index (χ0) is 13.8. The van der Waals surface area contributed by atoms with Crippen LogP contribution in [0.15, 0.2) is 18.2 Å². The summed E-state index contributed by atoms with van der Waals surface area (Å²) in [5, 5.41) is 10.5. The quantitative estimate of drug-likeness (QED) is 0.866. The van der Waals surface area contributed by atoms with E-state index in [1.54, 1.807) is 6.07 Å². The van der Waals surface area contributed by atoms with Crippen LogP contribution in [0.3, 0.4) is 0 Å². The molecule has 0 spiro atoms. The molecule has 0 saturated heterocycles. The molecular weight excluding hydrogens is 267 g/mol. The average Bonchev–Trinajstić information content (AvgIpc) is 2.31.